The Bertz CT molecular complexity index is 1090. The van der Waals surface area contributed by atoms with E-state index in [1.165, 1.54) is 0 Å². The maximum Gasteiger partial charge on any atom is 0.573 e. The van der Waals surface area contributed by atoms with Gasteiger partial charge in [0.05, 0.1) is 28.2 Å². The molecule has 1 fully saturated rings. The largest absolute Gasteiger partial charge is 0.573 e. The van der Waals surface area contributed by atoms with E-state index < -0.39 is 34.0 Å². The van der Waals surface area contributed by atoms with Crippen LogP contribution in [0.25, 0.3) is 0 Å². The van der Waals surface area contributed by atoms with E-state index in [0.717, 1.165) is 49.4 Å². The summed E-state index contributed by atoms with van der Waals surface area (Å²) in [5, 5.41) is 12.3. The van der Waals surface area contributed by atoms with Crippen LogP contribution in [0.2, 0.25) is 0 Å². The van der Waals surface area contributed by atoms with E-state index in [9.17, 15) is 31.5 Å². The second kappa shape index (κ2) is 9.93. The first-order valence-corrected chi connectivity index (χ1v) is 11.3. The number of aliphatic hydroxyl groups excluding tert-OH is 1. The number of nitrogen functional groups attached to an aromatic ring is 1. The Morgan fingerprint density at radius 2 is 1.91 bits per heavy atom. The first-order chi connectivity index (χ1) is 15.5. The summed E-state index contributed by atoms with van der Waals surface area (Å²) in [6.07, 6.45) is -2.70. The number of amides is 1. The fourth-order valence-corrected chi connectivity index (χ4v) is 4.00. The van der Waals surface area contributed by atoms with Gasteiger partial charge in [0.1, 0.15) is 5.75 Å². The number of nitrogens with two attached hydrogens (primary N) is 1. The predicted octanol–water partition coefficient (Wildman–Crippen LogP) is 1.91. The van der Waals surface area contributed by atoms with Crippen molar-refractivity contribution >= 4 is 21.4 Å². The van der Waals surface area contributed by atoms with Crippen molar-refractivity contribution in [3.05, 3.63) is 42.2 Å². The molecule has 13 heteroatoms. The van der Waals surface area contributed by atoms with Crippen molar-refractivity contribution in [3.8, 4) is 5.75 Å². The number of hydrogen-bond donors (Lipinski definition) is 3. The molecule has 1 saturated carbocycles. The topological polar surface area (TPSA) is 141 Å². The van der Waals surface area contributed by atoms with E-state index in [4.69, 9.17) is 10.5 Å². The standard InChI is InChI=1S/C20H22F3N3O6S/c21-20(22,23)32-14-3-5-15(6-4-14)33(29,30)16-7-17(24)18(25-9-16)19(28)26-8-13(27)11-31-10-12-1-2-12/h3-7,9,12-13,27H,1-2,8,10-11,24H2,(H,26,28)/t13-/m0/s1. The summed E-state index contributed by atoms with van der Waals surface area (Å²) in [6.45, 7) is 0.508. The highest BCUT2D eigenvalue weighted by molar-refractivity contribution is 7.91. The molecule has 4 N–H and O–H groups in total. The van der Waals surface area contributed by atoms with Crippen LogP contribution in [0.5, 0.6) is 5.75 Å². The van der Waals surface area contributed by atoms with E-state index in [2.05, 4.69) is 15.0 Å². The van der Waals surface area contributed by atoms with Crippen LogP contribution < -0.4 is 15.8 Å². The average Bonchev–Trinajstić information content (AvgIpc) is 3.55. The highest BCUT2D eigenvalue weighted by Gasteiger charge is 2.31. The quantitative estimate of drug-likeness (QED) is 0.460. The lowest BCUT2D eigenvalue weighted by Gasteiger charge is -2.13. The molecule has 0 bridgehead atoms. The van der Waals surface area contributed by atoms with Gasteiger partial charge in [0.25, 0.3) is 5.91 Å². The lowest BCUT2D eigenvalue weighted by atomic mass is 10.2. The maximum atomic E-state index is 12.7. The molecule has 3 rings (SSSR count). The molecule has 0 unspecified atom stereocenters. The number of alkyl halides is 3. The lowest BCUT2D eigenvalue weighted by molar-refractivity contribution is -0.274. The van der Waals surface area contributed by atoms with Crippen LogP contribution in [0.15, 0.2) is 46.3 Å². The Balaban J connectivity index is 1.62. The minimum Gasteiger partial charge on any atom is -0.406 e. The number of halogens is 3. The number of rotatable bonds is 10. The normalized spacial score (nSPS) is 15.2. The number of hydrogen-bond acceptors (Lipinski definition) is 8. The Morgan fingerprint density at radius 3 is 2.48 bits per heavy atom. The maximum absolute atomic E-state index is 12.7. The van der Waals surface area contributed by atoms with Crippen LogP contribution in [0.3, 0.4) is 0 Å². The molecule has 33 heavy (non-hydrogen) atoms. The van der Waals surface area contributed by atoms with Gasteiger partial charge in [0.15, 0.2) is 5.69 Å². The van der Waals surface area contributed by atoms with Crippen molar-refractivity contribution in [2.75, 3.05) is 25.5 Å². The molecule has 0 radical (unpaired) electrons. The number of pyridine rings is 1. The highest BCUT2D eigenvalue weighted by atomic mass is 32.2. The van der Waals surface area contributed by atoms with Gasteiger partial charge in [-0.05, 0) is 49.1 Å². The molecule has 1 atom stereocenters. The molecule has 1 heterocycles. The van der Waals surface area contributed by atoms with Crippen molar-refractivity contribution in [3.63, 3.8) is 0 Å². The smallest absolute Gasteiger partial charge is 0.406 e. The first-order valence-electron chi connectivity index (χ1n) is 9.86. The van der Waals surface area contributed by atoms with Crippen LogP contribution in [-0.2, 0) is 14.6 Å². The van der Waals surface area contributed by atoms with Gasteiger partial charge < -0.3 is 25.6 Å². The number of anilines is 1. The third-order valence-electron chi connectivity index (χ3n) is 4.64. The van der Waals surface area contributed by atoms with Crippen molar-refractivity contribution < 1.29 is 41.0 Å². The van der Waals surface area contributed by atoms with E-state index in [-0.39, 0.29) is 34.3 Å². The number of benzene rings is 1. The SMILES string of the molecule is Nc1cc(S(=O)(=O)c2ccc(OC(F)(F)F)cc2)cnc1C(=O)NC[C@H](O)COCC1CC1. The molecular weight excluding hydrogens is 467 g/mol. The lowest BCUT2D eigenvalue weighted by Crippen LogP contribution is -2.35. The first kappa shape index (κ1) is 24.7. The summed E-state index contributed by atoms with van der Waals surface area (Å²) in [5.74, 6) is -0.755. The molecule has 0 spiro atoms. The molecule has 1 aliphatic rings. The molecule has 0 aliphatic heterocycles. The van der Waals surface area contributed by atoms with Crippen molar-refractivity contribution in [1.82, 2.24) is 10.3 Å². The molecular formula is C20H22F3N3O6S. The second-order valence-electron chi connectivity index (χ2n) is 7.48. The second-order valence-corrected chi connectivity index (χ2v) is 9.43. The van der Waals surface area contributed by atoms with Crippen LogP contribution in [0, 0.1) is 5.92 Å². The van der Waals surface area contributed by atoms with Gasteiger partial charge in [0.2, 0.25) is 9.84 Å². The summed E-state index contributed by atoms with van der Waals surface area (Å²) >= 11 is 0. The van der Waals surface area contributed by atoms with Crippen molar-refractivity contribution in [2.24, 2.45) is 5.92 Å². The Morgan fingerprint density at radius 1 is 1.24 bits per heavy atom. The minimum atomic E-state index is -4.91. The number of aromatic nitrogens is 1. The molecule has 1 aromatic carbocycles. The highest BCUT2D eigenvalue weighted by Crippen LogP contribution is 2.29. The molecule has 9 nitrogen and oxygen atoms in total. The van der Waals surface area contributed by atoms with Crippen molar-refractivity contribution in [2.45, 2.75) is 35.1 Å². The van der Waals surface area contributed by atoms with Crippen LogP contribution in [0.4, 0.5) is 18.9 Å². The zero-order valence-corrected chi connectivity index (χ0v) is 18.0. The summed E-state index contributed by atoms with van der Waals surface area (Å²) in [4.78, 5) is 15.4. The predicted molar refractivity (Wildman–Crippen MR) is 109 cm³/mol. The fourth-order valence-electron chi connectivity index (χ4n) is 2.76. The van der Waals surface area contributed by atoms with Gasteiger partial charge in [-0.25, -0.2) is 13.4 Å². The summed E-state index contributed by atoms with van der Waals surface area (Å²) in [6, 6.07) is 4.63. The Kier molecular flexibility index (Phi) is 7.44. The van der Waals surface area contributed by atoms with E-state index in [1.54, 1.807) is 0 Å². The molecule has 1 aliphatic carbocycles. The van der Waals surface area contributed by atoms with Gasteiger partial charge >= 0.3 is 6.36 Å². The molecule has 1 amide bonds. The monoisotopic (exact) mass is 489 g/mol. The van der Waals surface area contributed by atoms with Crippen LogP contribution in [0.1, 0.15) is 23.3 Å². The number of ether oxygens (including phenoxy) is 2. The van der Waals surface area contributed by atoms with Gasteiger partial charge in [-0.3, -0.25) is 4.79 Å². The molecule has 180 valence electrons. The van der Waals surface area contributed by atoms with Crippen molar-refractivity contribution in [1.29, 1.82) is 0 Å². The van der Waals surface area contributed by atoms with E-state index in [0.29, 0.717) is 12.5 Å². The third-order valence-corrected chi connectivity index (χ3v) is 6.38. The molecule has 2 aromatic rings. The van der Waals surface area contributed by atoms with E-state index >= 15 is 0 Å². The van der Waals surface area contributed by atoms with E-state index in [1.807, 2.05) is 0 Å². The van der Waals surface area contributed by atoms with Gasteiger partial charge in [0, 0.05) is 19.3 Å². The van der Waals surface area contributed by atoms with Crippen LogP contribution >= 0.6 is 0 Å². The zero-order chi connectivity index (χ0) is 24.2. The minimum absolute atomic E-state index is 0.0592. The number of nitrogens with zero attached hydrogens (tertiary/aromatic N) is 1. The molecule has 0 saturated heterocycles. The number of aliphatic hydroxyl groups is 1. The Hall–Kier alpha value is -2.90. The summed E-state index contributed by atoms with van der Waals surface area (Å²) < 4.78 is 71.3. The number of sulfone groups is 1. The van der Waals surface area contributed by atoms with Crippen LogP contribution in [-0.4, -0.2) is 56.6 Å². The van der Waals surface area contributed by atoms with Gasteiger partial charge in [-0.1, -0.05) is 0 Å². The zero-order valence-electron chi connectivity index (χ0n) is 17.2. The van der Waals surface area contributed by atoms with Gasteiger partial charge in [-0.15, -0.1) is 13.2 Å². The summed E-state index contributed by atoms with van der Waals surface area (Å²) in [5.41, 5.74) is 5.32. The average molecular weight is 489 g/mol. The third kappa shape index (κ3) is 7.04. The number of carbonyl (C=O) groups is 1. The van der Waals surface area contributed by atoms with Gasteiger partial charge in [-0.2, -0.15) is 0 Å². The summed E-state index contributed by atoms with van der Waals surface area (Å²) in [7, 11) is -4.17. The number of nitrogens with one attached hydrogen (secondary N) is 1. The number of carbonyl (C=O) groups excluding carboxylic acids is 1. The fraction of sp³-hybridized carbons (Fsp3) is 0.400. The molecule has 1 aromatic heterocycles. The Labute approximate surface area is 187 Å².